The van der Waals surface area contributed by atoms with Crippen molar-refractivity contribution < 1.29 is 14.1 Å². The zero-order valence-corrected chi connectivity index (χ0v) is 12.1. The van der Waals surface area contributed by atoms with Gasteiger partial charge in [-0.1, -0.05) is 13.8 Å². The molecule has 1 unspecified atom stereocenters. The normalized spacial score (nSPS) is 12.7. The number of nitro benzene ring substituents is 1. The van der Waals surface area contributed by atoms with Crippen LogP contribution in [0.15, 0.2) is 18.2 Å². The minimum atomic E-state index is -0.497. The molecule has 1 aromatic rings. The van der Waals surface area contributed by atoms with Crippen molar-refractivity contribution in [3.8, 4) is 0 Å². The first-order valence-electron chi connectivity index (χ1n) is 6.69. The quantitative estimate of drug-likeness (QED) is 0.589. The Morgan fingerprint density at radius 2 is 2.15 bits per heavy atom. The number of nitro groups is 1. The van der Waals surface area contributed by atoms with E-state index < -0.39 is 10.7 Å². The highest BCUT2D eigenvalue weighted by Crippen LogP contribution is 2.19. The largest absolute Gasteiger partial charge is 0.380 e. The molecule has 0 spiro atoms. The van der Waals surface area contributed by atoms with Crippen LogP contribution in [0.4, 0.5) is 10.1 Å². The molecule has 6 heteroatoms. The molecule has 0 bridgehead atoms. The molecule has 0 heterocycles. The molecule has 112 valence electrons. The van der Waals surface area contributed by atoms with Gasteiger partial charge in [0.25, 0.3) is 5.69 Å². The van der Waals surface area contributed by atoms with Crippen LogP contribution in [0.25, 0.3) is 0 Å². The van der Waals surface area contributed by atoms with Crippen LogP contribution < -0.4 is 5.32 Å². The summed E-state index contributed by atoms with van der Waals surface area (Å²) < 4.78 is 18.6. The summed E-state index contributed by atoms with van der Waals surface area (Å²) in [6.07, 6.45) is 0. The van der Waals surface area contributed by atoms with Gasteiger partial charge in [0, 0.05) is 30.8 Å². The Balaban J connectivity index is 2.76. The number of nitrogens with one attached hydrogen (secondary N) is 1. The zero-order valence-electron chi connectivity index (χ0n) is 12.1. The predicted octanol–water partition coefficient (Wildman–Crippen LogP) is 2.88. The van der Waals surface area contributed by atoms with E-state index in [2.05, 4.69) is 5.32 Å². The van der Waals surface area contributed by atoms with Gasteiger partial charge in [-0.15, -0.1) is 0 Å². The number of halogens is 1. The highest BCUT2D eigenvalue weighted by Gasteiger charge is 2.17. The molecule has 0 aliphatic rings. The smallest absolute Gasteiger partial charge is 0.274 e. The van der Waals surface area contributed by atoms with Crippen molar-refractivity contribution >= 4 is 5.69 Å². The van der Waals surface area contributed by atoms with Crippen molar-refractivity contribution in [1.29, 1.82) is 0 Å². The summed E-state index contributed by atoms with van der Waals surface area (Å²) in [4.78, 5) is 10.4. The van der Waals surface area contributed by atoms with Crippen molar-refractivity contribution in [2.24, 2.45) is 5.92 Å². The summed E-state index contributed by atoms with van der Waals surface area (Å²) in [6.45, 7) is 7.37. The van der Waals surface area contributed by atoms with Crippen LogP contribution in [0.2, 0.25) is 0 Å². The maximum absolute atomic E-state index is 13.2. The van der Waals surface area contributed by atoms with Gasteiger partial charge in [0.05, 0.1) is 11.5 Å². The van der Waals surface area contributed by atoms with Crippen molar-refractivity contribution in [2.45, 2.75) is 33.4 Å². The molecule has 1 aromatic carbocycles. The first-order chi connectivity index (χ1) is 9.45. The van der Waals surface area contributed by atoms with Gasteiger partial charge in [-0.2, -0.15) is 0 Å². The average Bonchev–Trinajstić information content (AvgIpc) is 2.38. The minimum absolute atomic E-state index is 0.0674. The number of hydrogen-bond donors (Lipinski definition) is 1. The number of rotatable bonds is 8. The third-order valence-electron chi connectivity index (χ3n) is 3.10. The van der Waals surface area contributed by atoms with E-state index in [1.54, 1.807) is 0 Å². The standard InChI is InChI=1S/C14H21FN2O3/c1-4-20-9-13(10(2)3)16-8-11-7-12(15)5-6-14(11)17(18)19/h5-7,10,13,16H,4,8-9H2,1-3H3. The maximum atomic E-state index is 13.2. The molecule has 0 fully saturated rings. The monoisotopic (exact) mass is 284 g/mol. The molecule has 1 atom stereocenters. The molecule has 0 aliphatic carbocycles. The van der Waals surface area contributed by atoms with Gasteiger partial charge in [0.1, 0.15) is 5.82 Å². The molecule has 20 heavy (non-hydrogen) atoms. The van der Waals surface area contributed by atoms with E-state index in [0.717, 1.165) is 6.07 Å². The van der Waals surface area contributed by atoms with E-state index in [-0.39, 0.29) is 18.3 Å². The maximum Gasteiger partial charge on any atom is 0.274 e. The lowest BCUT2D eigenvalue weighted by Gasteiger charge is -2.22. The fraction of sp³-hybridized carbons (Fsp3) is 0.571. The Morgan fingerprint density at radius 1 is 1.45 bits per heavy atom. The summed E-state index contributed by atoms with van der Waals surface area (Å²) in [5.74, 6) is -0.160. The molecule has 0 aromatic heterocycles. The fourth-order valence-electron chi connectivity index (χ4n) is 1.85. The lowest BCUT2D eigenvalue weighted by molar-refractivity contribution is -0.385. The summed E-state index contributed by atoms with van der Waals surface area (Å²) in [6, 6.07) is 3.56. The lowest BCUT2D eigenvalue weighted by Crippen LogP contribution is -2.37. The molecule has 0 aliphatic heterocycles. The summed E-state index contributed by atoms with van der Waals surface area (Å²) >= 11 is 0. The summed E-state index contributed by atoms with van der Waals surface area (Å²) in [5, 5.41) is 14.1. The van der Waals surface area contributed by atoms with Gasteiger partial charge < -0.3 is 10.1 Å². The Bertz CT molecular complexity index is 452. The van der Waals surface area contributed by atoms with Crippen LogP contribution >= 0.6 is 0 Å². The Labute approximate surface area is 118 Å². The SMILES string of the molecule is CCOCC(NCc1cc(F)ccc1[N+](=O)[O-])C(C)C. The molecule has 1 N–H and O–H groups in total. The van der Waals surface area contributed by atoms with Gasteiger partial charge in [0.15, 0.2) is 0 Å². The Morgan fingerprint density at radius 3 is 2.70 bits per heavy atom. The van der Waals surface area contributed by atoms with Crippen molar-refractivity contribution in [3.05, 3.63) is 39.7 Å². The predicted molar refractivity (Wildman–Crippen MR) is 75.0 cm³/mol. The fourth-order valence-corrected chi connectivity index (χ4v) is 1.85. The third-order valence-corrected chi connectivity index (χ3v) is 3.10. The highest BCUT2D eigenvalue weighted by molar-refractivity contribution is 5.40. The molecule has 0 amide bonds. The third kappa shape index (κ3) is 4.86. The van der Waals surface area contributed by atoms with E-state index in [1.165, 1.54) is 12.1 Å². The number of ether oxygens (including phenoxy) is 1. The number of benzene rings is 1. The van der Waals surface area contributed by atoms with Crippen molar-refractivity contribution in [1.82, 2.24) is 5.32 Å². The molecule has 0 saturated carbocycles. The van der Waals surface area contributed by atoms with Crippen LogP contribution in [0.3, 0.4) is 0 Å². The van der Waals surface area contributed by atoms with Gasteiger partial charge in [-0.05, 0) is 25.0 Å². The average molecular weight is 284 g/mol. The molecular formula is C14H21FN2O3. The second kappa shape index (κ2) is 7.91. The lowest BCUT2D eigenvalue weighted by atomic mass is 10.0. The first-order valence-corrected chi connectivity index (χ1v) is 6.69. The van der Waals surface area contributed by atoms with Gasteiger partial charge >= 0.3 is 0 Å². The van der Waals surface area contributed by atoms with Crippen molar-refractivity contribution in [3.63, 3.8) is 0 Å². The summed E-state index contributed by atoms with van der Waals surface area (Å²) in [5.41, 5.74) is 0.273. The molecule has 5 nitrogen and oxygen atoms in total. The molecule has 0 radical (unpaired) electrons. The zero-order chi connectivity index (χ0) is 15.1. The minimum Gasteiger partial charge on any atom is -0.380 e. The number of nitrogens with zero attached hydrogens (tertiary/aromatic N) is 1. The Kier molecular flexibility index (Phi) is 6.54. The highest BCUT2D eigenvalue weighted by atomic mass is 19.1. The van der Waals surface area contributed by atoms with Crippen LogP contribution in [0.5, 0.6) is 0 Å². The van der Waals surface area contributed by atoms with Gasteiger partial charge in [-0.3, -0.25) is 10.1 Å². The second-order valence-electron chi connectivity index (χ2n) is 4.92. The van der Waals surface area contributed by atoms with E-state index >= 15 is 0 Å². The van der Waals surface area contributed by atoms with Gasteiger partial charge in [0.2, 0.25) is 0 Å². The van der Waals surface area contributed by atoms with E-state index in [0.29, 0.717) is 24.7 Å². The van der Waals surface area contributed by atoms with Crippen LogP contribution in [-0.2, 0) is 11.3 Å². The topological polar surface area (TPSA) is 64.4 Å². The van der Waals surface area contributed by atoms with Crippen LogP contribution in [0, 0.1) is 21.8 Å². The summed E-state index contributed by atoms with van der Waals surface area (Å²) in [7, 11) is 0. The molecule has 1 rings (SSSR count). The van der Waals surface area contributed by atoms with Gasteiger partial charge in [-0.25, -0.2) is 4.39 Å². The van der Waals surface area contributed by atoms with E-state index in [1.807, 2.05) is 20.8 Å². The van der Waals surface area contributed by atoms with Crippen LogP contribution in [0.1, 0.15) is 26.3 Å². The van der Waals surface area contributed by atoms with Crippen LogP contribution in [-0.4, -0.2) is 24.2 Å². The van der Waals surface area contributed by atoms with E-state index in [9.17, 15) is 14.5 Å². The molecular weight excluding hydrogens is 263 g/mol. The Hall–Kier alpha value is -1.53. The first kappa shape index (κ1) is 16.5. The second-order valence-corrected chi connectivity index (χ2v) is 4.92. The van der Waals surface area contributed by atoms with Crippen molar-refractivity contribution in [2.75, 3.05) is 13.2 Å². The number of hydrogen-bond acceptors (Lipinski definition) is 4. The molecule has 0 saturated heterocycles. The van der Waals surface area contributed by atoms with E-state index in [4.69, 9.17) is 4.74 Å².